The number of aryl methyl sites for hydroxylation is 1. The van der Waals surface area contributed by atoms with Gasteiger partial charge in [-0.05, 0) is 38.9 Å². The third-order valence-corrected chi connectivity index (χ3v) is 2.99. The van der Waals surface area contributed by atoms with Crippen molar-refractivity contribution in [2.24, 2.45) is 0 Å². The van der Waals surface area contributed by atoms with Crippen molar-refractivity contribution in [1.82, 2.24) is 19.5 Å². The zero-order chi connectivity index (χ0) is 12.3. The maximum absolute atomic E-state index is 11.9. The number of nitrogens with zero attached hydrogens (tertiary/aromatic N) is 3. The smallest absolute Gasteiger partial charge is 0.317 e. The summed E-state index contributed by atoms with van der Waals surface area (Å²) in [5.74, 6) is 0. The lowest BCUT2D eigenvalue weighted by atomic mass is 10.2. The lowest BCUT2D eigenvalue weighted by Crippen LogP contribution is -2.24. The molecule has 0 aliphatic heterocycles. The third-order valence-electron chi connectivity index (χ3n) is 2.99. The Hall–Kier alpha value is -1.62. The van der Waals surface area contributed by atoms with E-state index in [4.69, 9.17) is 0 Å². The van der Waals surface area contributed by atoms with Crippen molar-refractivity contribution in [1.29, 1.82) is 0 Å². The molecular formula is C12H18N4O. The van der Waals surface area contributed by atoms with E-state index in [-0.39, 0.29) is 5.69 Å². The molecule has 5 nitrogen and oxygen atoms in total. The number of pyridine rings is 1. The molecule has 0 saturated carbocycles. The Balaban J connectivity index is 2.09. The second-order valence-electron chi connectivity index (χ2n) is 4.27. The summed E-state index contributed by atoms with van der Waals surface area (Å²) in [4.78, 5) is 11.9. The Morgan fingerprint density at radius 1 is 1.47 bits per heavy atom. The van der Waals surface area contributed by atoms with Crippen LogP contribution in [0.25, 0.3) is 5.65 Å². The molecule has 0 aromatic carbocycles. The van der Waals surface area contributed by atoms with Gasteiger partial charge in [-0.2, -0.15) is 0 Å². The highest BCUT2D eigenvalue weighted by Crippen LogP contribution is 1.99. The van der Waals surface area contributed by atoms with Crippen LogP contribution in [0.1, 0.15) is 19.8 Å². The maximum atomic E-state index is 11.9. The lowest BCUT2D eigenvalue weighted by Gasteiger charge is -2.08. The molecule has 0 amide bonds. The zero-order valence-corrected chi connectivity index (χ0v) is 10.3. The van der Waals surface area contributed by atoms with Gasteiger partial charge in [-0.3, -0.25) is 4.40 Å². The van der Waals surface area contributed by atoms with Gasteiger partial charge in [0.15, 0.2) is 5.65 Å². The van der Waals surface area contributed by atoms with Crippen LogP contribution in [0.15, 0.2) is 29.2 Å². The highest BCUT2D eigenvalue weighted by molar-refractivity contribution is 5.35. The Bertz CT molecular complexity index is 543. The van der Waals surface area contributed by atoms with Gasteiger partial charge in [0, 0.05) is 18.8 Å². The lowest BCUT2D eigenvalue weighted by molar-refractivity contribution is 0.481. The average molecular weight is 234 g/mol. The summed E-state index contributed by atoms with van der Waals surface area (Å²) in [5.41, 5.74) is 0.650. The van der Waals surface area contributed by atoms with Crippen LogP contribution in [-0.2, 0) is 6.54 Å². The number of rotatable bonds is 5. The predicted octanol–water partition coefficient (Wildman–Crippen LogP) is 0.884. The van der Waals surface area contributed by atoms with Gasteiger partial charge in [0.05, 0.1) is 0 Å². The van der Waals surface area contributed by atoms with Gasteiger partial charge in [0.2, 0.25) is 0 Å². The van der Waals surface area contributed by atoms with E-state index in [1.165, 1.54) is 4.68 Å². The molecule has 0 bridgehead atoms. The van der Waals surface area contributed by atoms with Gasteiger partial charge in [-0.15, -0.1) is 5.10 Å². The summed E-state index contributed by atoms with van der Waals surface area (Å²) in [6, 6.07) is 6.04. The van der Waals surface area contributed by atoms with Crippen LogP contribution >= 0.6 is 0 Å². The fourth-order valence-corrected chi connectivity index (χ4v) is 1.81. The molecule has 0 radical (unpaired) electrons. The molecule has 0 spiro atoms. The normalized spacial score (nSPS) is 13.1. The number of fused-ring (bicyclic) bond motifs is 1. The van der Waals surface area contributed by atoms with Crippen molar-refractivity contribution in [2.75, 3.05) is 7.05 Å². The Kier molecular flexibility index (Phi) is 3.58. The van der Waals surface area contributed by atoms with Gasteiger partial charge >= 0.3 is 5.69 Å². The molecule has 5 heteroatoms. The van der Waals surface area contributed by atoms with E-state index in [1.807, 2.05) is 25.2 Å². The fraction of sp³-hybridized carbons (Fsp3) is 0.500. The van der Waals surface area contributed by atoms with Crippen LogP contribution in [0.5, 0.6) is 0 Å². The van der Waals surface area contributed by atoms with Crippen LogP contribution in [0.4, 0.5) is 0 Å². The van der Waals surface area contributed by atoms with E-state index in [0.717, 1.165) is 12.8 Å². The average Bonchev–Trinajstić information content (AvgIpc) is 2.67. The molecule has 0 fully saturated rings. The quantitative estimate of drug-likeness (QED) is 0.835. The predicted molar refractivity (Wildman–Crippen MR) is 67.2 cm³/mol. The Morgan fingerprint density at radius 3 is 3.00 bits per heavy atom. The zero-order valence-electron chi connectivity index (χ0n) is 10.3. The van der Waals surface area contributed by atoms with Crippen LogP contribution in [0.2, 0.25) is 0 Å². The van der Waals surface area contributed by atoms with E-state index in [1.54, 1.807) is 10.6 Å². The molecule has 2 heterocycles. The fourth-order valence-electron chi connectivity index (χ4n) is 1.81. The second kappa shape index (κ2) is 5.14. The molecule has 2 rings (SSSR count). The summed E-state index contributed by atoms with van der Waals surface area (Å²) < 4.78 is 3.11. The molecule has 1 unspecified atom stereocenters. The van der Waals surface area contributed by atoms with E-state index < -0.39 is 0 Å². The van der Waals surface area contributed by atoms with Crippen LogP contribution in [0, 0.1) is 0 Å². The minimum absolute atomic E-state index is 0.0577. The van der Waals surface area contributed by atoms with E-state index in [9.17, 15) is 4.79 Å². The van der Waals surface area contributed by atoms with Gasteiger partial charge in [-0.1, -0.05) is 6.07 Å². The van der Waals surface area contributed by atoms with Crippen molar-refractivity contribution < 1.29 is 0 Å². The summed E-state index contributed by atoms with van der Waals surface area (Å²) in [7, 11) is 1.95. The minimum Gasteiger partial charge on any atom is -0.317 e. The molecule has 2 aromatic heterocycles. The summed E-state index contributed by atoms with van der Waals surface area (Å²) in [6.07, 6.45) is 3.74. The molecule has 2 aromatic rings. The third kappa shape index (κ3) is 2.55. The number of hydrogen-bond acceptors (Lipinski definition) is 3. The molecule has 0 saturated heterocycles. The highest BCUT2D eigenvalue weighted by atomic mass is 16.2. The first-order chi connectivity index (χ1) is 8.22. The summed E-state index contributed by atoms with van der Waals surface area (Å²) in [5, 5.41) is 7.46. The van der Waals surface area contributed by atoms with E-state index in [0.29, 0.717) is 18.2 Å². The number of nitrogens with one attached hydrogen (secondary N) is 1. The van der Waals surface area contributed by atoms with E-state index in [2.05, 4.69) is 17.3 Å². The maximum Gasteiger partial charge on any atom is 0.350 e. The Morgan fingerprint density at radius 2 is 2.29 bits per heavy atom. The van der Waals surface area contributed by atoms with Crippen molar-refractivity contribution in [2.45, 2.75) is 32.4 Å². The monoisotopic (exact) mass is 234 g/mol. The molecular weight excluding hydrogens is 216 g/mol. The Labute approximate surface area is 100 Å². The minimum atomic E-state index is -0.0577. The van der Waals surface area contributed by atoms with Crippen LogP contribution < -0.4 is 11.0 Å². The molecule has 92 valence electrons. The second-order valence-corrected chi connectivity index (χ2v) is 4.27. The SMILES string of the molecule is CNC(C)CCCn1nc2ccccn2c1=O. The largest absolute Gasteiger partial charge is 0.350 e. The van der Waals surface area contributed by atoms with Crippen molar-refractivity contribution in [3.8, 4) is 0 Å². The van der Waals surface area contributed by atoms with Crippen LogP contribution in [-0.4, -0.2) is 27.3 Å². The molecule has 17 heavy (non-hydrogen) atoms. The number of aromatic nitrogens is 3. The summed E-state index contributed by atoms with van der Waals surface area (Å²) >= 11 is 0. The molecule has 1 N–H and O–H groups in total. The molecule has 1 atom stereocenters. The molecule has 0 aliphatic rings. The first-order valence-electron chi connectivity index (χ1n) is 5.94. The number of hydrogen-bond donors (Lipinski definition) is 1. The standard InChI is InChI=1S/C12H18N4O/c1-10(13-2)6-5-9-16-12(17)15-8-4-3-7-11(15)14-16/h3-4,7-8,10,13H,5-6,9H2,1-2H3. The topological polar surface area (TPSA) is 51.3 Å². The van der Waals surface area contributed by atoms with Crippen LogP contribution in [0.3, 0.4) is 0 Å². The first-order valence-corrected chi connectivity index (χ1v) is 5.94. The van der Waals surface area contributed by atoms with Crippen molar-refractivity contribution in [3.05, 3.63) is 34.9 Å². The van der Waals surface area contributed by atoms with Gasteiger partial charge < -0.3 is 5.32 Å². The van der Waals surface area contributed by atoms with Gasteiger partial charge in [-0.25, -0.2) is 9.48 Å². The highest BCUT2D eigenvalue weighted by Gasteiger charge is 2.05. The van der Waals surface area contributed by atoms with Crippen molar-refractivity contribution in [3.63, 3.8) is 0 Å². The van der Waals surface area contributed by atoms with Gasteiger partial charge in [0.1, 0.15) is 0 Å². The molecule has 0 aliphatic carbocycles. The van der Waals surface area contributed by atoms with E-state index >= 15 is 0 Å². The first kappa shape index (κ1) is 11.9. The van der Waals surface area contributed by atoms with Gasteiger partial charge in [0.25, 0.3) is 0 Å². The summed E-state index contributed by atoms with van der Waals surface area (Å²) in [6.45, 7) is 2.80. The van der Waals surface area contributed by atoms with Crippen molar-refractivity contribution >= 4 is 5.65 Å².